The summed E-state index contributed by atoms with van der Waals surface area (Å²) in [6.45, 7) is 1.54. The molecule has 1 aliphatic rings. The van der Waals surface area contributed by atoms with Crippen molar-refractivity contribution >= 4 is 25.6 Å². The number of aryl methyl sites for hydroxylation is 1. The molecule has 0 radical (unpaired) electrons. The Kier molecular flexibility index (Phi) is 4.01. The predicted molar refractivity (Wildman–Crippen MR) is 70.9 cm³/mol. The third-order valence-corrected chi connectivity index (χ3v) is 4.20. The lowest BCUT2D eigenvalue weighted by Gasteiger charge is -2.08. The van der Waals surface area contributed by atoms with Crippen molar-refractivity contribution in [1.82, 2.24) is 5.32 Å². The summed E-state index contributed by atoms with van der Waals surface area (Å²) in [7, 11) is 1.52. The Morgan fingerprint density at radius 1 is 1.47 bits per heavy atom. The number of hydrogen-bond acceptors (Lipinski definition) is 4. The average Bonchev–Trinajstić information content (AvgIpc) is 3.08. The Morgan fingerprint density at radius 2 is 2.16 bits per heavy atom. The first kappa shape index (κ1) is 14.1. The van der Waals surface area contributed by atoms with Crippen LogP contribution in [0.2, 0.25) is 0 Å². The molecule has 1 aromatic rings. The molecule has 0 unspecified atom stereocenters. The predicted octanol–water partition coefficient (Wildman–Crippen LogP) is 1.58. The number of amides is 1. The van der Waals surface area contributed by atoms with Gasteiger partial charge in [-0.15, -0.1) is 0 Å². The SMILES string of the molecule is Cc1cc(OCC(=O)NC2CC2)ccc1S(=O)(=O)Cl. The smallest absolute Gasteiger partial charge is 0.261 e. The van der Waals surface area contributed by atoms with E-state index in [-0.39, 0.29) is 17.4 Å². The van der Waals surface area contributed by atoms with E-state index in [1.54, 1.807) is 13.0 Å². The third-order valence-electron chi connectivity index (χ3n) is 2.72. The molecule has 0 aromatic heterocycles. The zero-order valence-corrected chi connectivity index (χ0v) is 11.9. The molecule has 0 atom stereocenters. The molecule has 0 heterocycles. The highest BCUT2D eigenvalue weighted by Gasteiger charge is 2.23. The minimum Gasteiger partial charge on any atom is -0.484 e. The van der Waals surface area contributed by atoms with Crippen LogP contribution in [-0.2, 0) is 13.8 Å². The van der Waals surface area contributed by atoms with Gasteiger partial charge in [0, 0.05) is 16.7 Å². The second-order valence-electron chi connectivity index (χ2n) is 4.50. The summed E-state index contributed by atoms with van der Waals surface area (Å²) in [6, 6.07) is 4.68. The van der Waals surface area contributed by atoms with Gasteiger partial charge in [0.25, 0.3) is 15.0 Å². The maximum Gasteiger partial charge on any atom is 0.261 e. The van der Waals surface area contributed by atoms with Gasteiger partial charge in [-0.1, -0.05) is 0 Å². The van der Waals surface area contributed by atoms with Crippen molar-refractivity contribution in [2.24, 2.45) is 0 Å². The molecule has 104 valence electrons. The van der Waals surface area contributed by atoms with Crippen LogP contribution in [0, 0.1) is 6.92 Å². The molecule has 0 saturated heterocycles. The van der Waals surface area contributed by atoms with E-state index >= 15 is 0 Å². The maximum absolute atomic E-state index is 11.4. The number of benzene rings is 1. The lowest BCUT2D eigenvalue weighted by molar-refractivity contribution is -0.123. The molecule has 5 nitrogen and oxygen atoms in total. The van der Waals surface area contributed by atoms with Gasteiger partial charge in [0.15, 0.2) is 6.61 Å². The van der Waals surface area contributed by atoms with Gasteiger partial charge in [0.2, 0.25) is 0 Å². The van der Waals surface area contributed by atoms with Crippen LogP contribution < -0.4 is 10.1 Å². The highest BCUT2D eigenvalue weighted by atomic mass is 35.7. The molecule has 1 N–H and O–H groups in total. The first-order valence-electron chi connectivity index (χ1n) is 5.84. The summed E-state index contributed by atoms with van der Waals surface area (Å²) in [5.41, 5.74) is 0.482. The molecule has 7 heteroatoms. The Bertz CT molecular complexity index is 596. The Morgan fingerprint density at radius 3 is 2.68 bits per heavy atom. The third kappa shape index (κ3) is 4.11. The first-order valence-corrected chi connectivity index (χ1v) is 8.14. The van der Waals surface area contributed by atoms with Crippen LogP contribution in [0.5, 0.6) is 5.75 Å². The normalized spacial score (nSPS) is 15.1. The zero-order valence-electron chi connectivity index (χ0n) is 10.3. The van der Waals surface area contributed by atoms with Crippen LogP contribution in [0.4, 0.5) is 0 Å². The first-order chi connectivity index (χ1) is 8.86. The Labute approximate surface area is 116 Å². The van der Waals surface area contributed by atoms with E-state index in [4.69, 9.17) is 15.4 Å². The summed E-state index contributed by atoms with van der Waals surface area (Å²) < 4.78 is 27.7. The van der Waals surface area contributed by atoms with Crippen molar-refractivity contribution in [3.05, 3.63) is 23.8 Å². The van der Waals surface area contributed by atoms with Crippen molar-refractivity contribution in [2.45, 2.75) is 30.7 Å². The van der Waals surface area contributed by atoms with Gasteiger partial charge in [-0.25, -0.2) is 8.42 Å². The molecule has 1 amide bonds. The zero-order chi connectivity index (χ0) is 14.0. The topological polar surface area (TPSA) is 72.5 Å². The van der Waals surface area contributed by atoms with Crippen LogP contribution in [-0.4, -0.2) is 27.0 Å². The Balaban J connectivity index is 1.97. The van der Waals surface area contributed by atoms with E-state index in [1.807, 2.05) is 0 Å². The number of ether oxygens (including phenoxy) is 1. The second kappa shape index (κ2) is 5.38. The minimum atomic E-state index is -3.75. The number of rotatable bonds is 5. The van der Waals surface area contributed by atoms with Crippen molar-refractivity contribution in [1.29, 1.82) is 0 Å². The average molecular weight is 304 g/mol. The second-order valence-corrected chi connectivity index (χ2v) is 7.03. The molecule has 2 rings (SSSR count). The number of carbonyl (C=O) groups is 1. The van der Waals surface area contributed by atoms with Crippen molar-refractivity contribution < 1.29 is 17.9 Å². The molecule has 1 aromatic carbocycles. The van der Waals surface area contributed by atoms with E-state index in [0.29, 0.717) is 17.4 Å². The molecule has 1 aliphatic carbocycles. The van der Waals surface area contributed by atoms with Gasteiger partial charge in [0.1, 0.15) is 5.75 Å². The molecule has 1 saturated carbocycles. The van der Waals surface area contributed by atoms with Gasteiger partial charge in [0.05, 0.1) is 4.90 Å². The van der Waals surface area contributed by atoms with E-state index < -0.39 is 9.05 Å². The molecular formula is C12H14ClNO4S. The summed E-state index contributed by atoms with van der Waals surface area (Å²) in [6.07, 6.45) is 2.04. The lowest BCUT2D eigenvalue weighted by Crippen LogP contribution is -2.30. The van der Waals surface area contributed by atoms with E-state index in [0.717, 1.165) is 12.8 Å². The van der Waals surface area contributed by atoms with Crippen molar-refractivity contribution in [2.75, 3.05) is 6.61 Å². The quantitative estimate of drug-likeness (QED) is 0.838. The molecular weight excluding hydrogens is 290 g/mol. The molecule has 0 aliphatic heterocycles. The fraction of sp³-hybridized carbons (Fsp3) is 0.417. The van der Waals surface area contributed by atoms with Gasteiger partial charge in [-0.05, 0) is 43.5 Å². The standard InChI is InChI=1S/C12H14ClNO4S/c1-8-6-10(4-5-11(8)19(13,16)17)18-7-12(15)14-9-2-3-9/h4-6,9H,2-3,7H2,1H3,(H,14,15). The van der Waals surface area contributed by atoms with E-state index in [9.17, 15) is 13.2 Å². The number of hydrogen-bond donors (Lipinski definition) is 1. The fourth-order valence-corrected chi connectivity index (χ4v) is 2.82. The summed E-state index contributed by atoms with van der Waals surface area (Å²) in [5, 5.41) is 2.79. The molecule has 1 fully saturated rings. The monoisotopic (exact) mass is 303 g/mol. The van der Waals surface area contributed by atoms with Crippen LogP contribution in [0.25, 0.3) is 0 Å². The number of carbonyl (C=O) groups excluding carboxylic acids is 1. The minimum absolute atomic E-state index is 0.0453. The van der Waals surface area contributed by atoms with Crippen molar-refractivity contribution in [3.8, 4) is 5.75 Å². The maximum atomic E-state index is 11.4. The largest absolute Gasteiger partial charge is 0.484 e. The van der Waals surface area contributed by atoms with Gasteiger partial charge >= 0.3 is 0 Å². The highest BCUT2D eigenvalue weighted by molar-refractivity contribution is 8.13. The van der Waals surface area contributed by atoms with E-state index in [1.165, 1.54) is 12.1 Å². The molecule has 0 bridgehead atoms. The Hall–Kier alpha value is -1.27. The number of nitrogens with one attached hydrogen (secondary N) is 1. The number of halogens is 1. The summed E-state index contributed by atoms with van der Waals surface area (Å²) in [5.74, 6) is 0.265. The summed E-state index contributed by atoms with van der Waals surface area (Å²) >= 11 is 0. The lowest BCUT2D eigenvalue weighted by atomic mass is 10.2. The van der Waals surface area contributed by atoms with Crippen LogP contribution in [0.1, 0.15) is 18.4 Å². The molecule has 19 heavy (non-hydrogen) atoms. The fourth-order valence-electron chi connectivity index (χ4n) is 1.63. The van der Waals surface area contributed by atoms with Crippen LogP contribution >= 0.6 is 10.7 Å². The van der Waals surface area contributed by atoms with Crippen LogP contribution in [0.15, 0.2) is 23.1 Å². The summed E-state index contributed by atoms with van der Waals surface area (Å²) in [4.78, 5) is 11.5. The highest BCUT2D eigenvalue weighted by Crippen LogP contribution is 2.24. The van der Waals surface area contributed by atoms with Crippen LogP contribution in [0.3, 0.4) is 0 Å². The van der Waals surface area contributed by atoms with Gasteiger partial charge in [-0.2, -0.15) is 0 Å². The van der Waals surface area contributed by atoms with Gasteiger partial charge in [-0.3, -0.25) is 4.79 Å². The molecule has 0 spiro atoms. The van der Waals surface area contributed by atoms with E-state index in [2.05, 4.69) is 5.32 Å². The van der Waals surface area contributed by atoms with Gasteiger partial charge < -0.3 is 10.1 Å². The van der Waals surface area contributed by atoms with Crippen molar-refractivity contribution in [3.63, 3.8) is 0 Å².